The van der Waals surface area contributed by atoms with Gasteiger partial charge in [-0.3, -0.25) is 4.90 Å². The van der Waals surface area contributed by atoms with E-state index in [0.717, 1.165) is 17.9 Å². The number of halogens is 1. The van der Waals surface area contributed by atoms with Gasteiger partial charge in [-0.15, -0.1) is 0 Å². The Morgan fingerprint density at radius 3 is 2.50 bits per heavy atom. The summed E-state index contributed by atoms with van der Waals surface area (Å²) in [5, 5.41) is 1.09. The second-order valence-electron chi connectivity index (χ2n) is 5.27. The van der Waals surface area contributed by atoms with Crippen LogP contribution >= 0.6 is 15.9 Å². The van der Waals surface area contributed by atoms with Crippen molar-refractivity contribution in [1.82, 2.24) is 4.90 Å². The smallest absolute Gasteiger partial charge is 0.0706 e. The minimum atomic E-state index is 0.486. The van der Waals surface area contributed by atoms with Crippen LogP contribution in [0.5, 0.6) is 0 Å². The van der Waals surface area contributed by atoms with E-state index >= 15 is 0 Å². The zero-order chi connectivity index (χ0) is 11.4. The van der Waals surface area contributed by atoms with Gasteiger partial charge in [0.2, 0.25) is 0 Å². The van der Waals surface area contributed by atoms with E-state index in [9.17, 15) is 0 Å². The summed E-state index contributed by atoms with van der Waals surface area (Å²) >= 11 is 3.58. The quantitative estimate of drug-likeness (QED) is 0.721. The van der Waals surface area contributed by atoms with Crippen molar-refractivity contribution in [3.05, 3.63) is 0 Å². The molecule has 0 aromatic rings. The van der Waals surface area contributed by atoms with Gasteiger partial charge in [0.25, 0.3) is 0 Å². The number of hydrogen-bond donors (Lipinski definition) is 0. The van der Waals surface area contributed by atoms with Crippen molar-refractivity contribution >= 4 is 15.9 Å². The van der Waals surface area contributed by atoms with Gasteiger partial charge in [-0.25, -0.2) is 0 Å². The Kier molecular flexibility index (Phi) is 5.11. The van der Waals surface area contributed by atoms with Crippen LogP contribution in [0.3, 0.4) is 0 Å². The fraction of sp³-hybridized carbons (Fsp3) is 1.00. The summed E-state index contributed by atoms with van der Waals surface area (Å²) in [6, 6.07) is 0.831. The summed E-state index contributed by atoms with van der Waals surface area (Å²) in [5.41, 5.74) is 0. The first kappa shape index (κ1) is 12.8. The van der Waals surface area contributed by atoms with Gasteiger partial charge >= 0.3 is 0 Å². The van der Waals surface area contributed by atoms with Gasteiger partial charge in [-0.2, -0.15) is 0 Å². The lowest BCUT2D eigenvalue weighted by Gasteiger charge is -2.30. The molecule has 1 saturated carbocycles. The highest BCUT2D eigenvalue weighted by Gasteiger charge is 2.28. The molecule has 0 radical (unpaired) electrons. The zero-order valence-corrected chi connectivity index (χ0v) is 11.9. The van der Waals surface area contributed by atoms with Crippen molar-refractivity contribution in [1.29, 1.82) is 0 Å². The molecule has 2 nitrogen and oxygen atoms in total. The van der Waals surface area contributed by atoms with Crippen LogP contribution in [-0.4, -0.2) is 41.6 Å². The average Bonchev–Trinajstić information content (AvgIpc) is 2.88. The second kappa shape index (κ2) is 6.36. The highest BCUT2D eigenvalue weighted by atomic mass is 79.9. The molecule has 2 aliphatic rings. The molecule has 0 amide bonds. The SMILES string of the molecule is CC1CCC(CN(CCBr)C2CCCC2)O1. The zero-order valence-electron chi connectivity index (χ0n) is 10.3. The maximum absolute atomic E-state index is 5.94. The Bertz CT molecular complexity index is 206. The minimum absolute atomic E-state index is 0.486. The lowest BCUT2D eigenvalue weighted by atomic mass is 10.1. The molecule has 1 saturated heterocycles. The third-order valence-electron chi connectivity index (χ3n) is 3.97. The summed E-state index contributed by atoms with van der Waals surface area (Å²) in [7, 11) is 0. The van der Waals surface area contributed by atoms with E-state index in [-0.39, 0.29) is 0 Å². The molecule has 94 valence electrons. The molecular formula is C13H24BrNO. The van der Waals surface area contributed by atoms with Crippen LogP contribution in [0.15, 0.2) is 0 Å². The Balaban J connectivity index is 1.81. The number of ether oxygens (including phenoxy) is 1. The van der Waals surface area contributed by atoms with Crippen molar-refractivity contribution in [2.24, 2.45) is 0 Å². The van der Waals surface area contributed by atoms with E-state index in [0.29, 0.717) is 12.2 Å². The van der Waals surface area contributed by atoms with Gasteiger partial charge in [0.05, 0.1) is 12.2 Å². The largest absolute Gasteiger partial charge is 0.374 e. The standard InChI is InChI=1S/C13H24BrNO/c1-11-6-7-13(16-11)10-15(9-8-14)12-4-2-3-5-12/h11-13H,2-10H2,1H3. The van der Waals surface area contributed by atoms with Crippen molar-refractivity contribution in [2.45, 2.75) is 63.7 Å². The summed E-state index contributed by atoms with van der Waals surface area (Å²) in [4.78, 5) is 2.66. The predicted molar refractivity (Wildman–Crippen MR) is 71.2 cm³/mol. The fourth-order valence-corrected chi connectivity index (χ4v) is 3.54. The number of nitrogens with zero attached hydrogens (tertiary/aromatic N) is 1. The first-order chi connectivity index (χ1) is 7.79. The maximum Gasteiger partial charge on any atom is 0.0706 e. The van der Waals surface area contributed by atoms with Crippen molar-refractivity contribution in [3.8, 4) is 0 Å². The van der Waals surface area contributed by atoms with E-state index in [4.69, 9.17) is 4.74 Å². The van der Waals surface area contributed by atoms with Crippen LogP contribution in [0.4, 0.5) is 0 Å². The third-order valence-corrected chi connectivity index (χ3v) is 4.33. The maximum atomic E-state index is 5.94. The van der Waals surface area contributed by atoms with Gasteiger partial charge in [-0.1, -0.05) is 28.8 Å². The molecule has 0 aromatic carbocycles. The second-order valence-corrected chi connectivity index (χ2v) is 6.06. The van der Waals surface area contributed by atoms with E-state index in [1.165, 1.54) is 45.1 Å². The topological polar surface area (TPSA) is 12.5 Å². The molecule has 1 aliphatic carbocycles. The van der Waals surface area contributed by atoms with Crippen LogP contribution in [0.1, 0.15) is 45.4 Å². The van der Waals surface area contributed by atoms with Crippen LogP contribution in [0.2, 0.25) is 0 Å². The van der Waals surface area contributed by atoms with E-state index in [2.05, 4.69) is 27.8 Å². The van der Waals surface area contributed by atoms with Crippen LogP contribution in [0, 0.1) is 0 Å². The van der Waals surface area contributed by atoms with Gasteiger partial charge in [0, 0.05) is 24.5 Å². The Morgan fingerprint density at radius 2 is 1.94 bits per heavy atom. The molecule has 1 heterocycles. The third kappa shape index (κ3) is 3.44. The Morgan fingerprint density at radius 1 is 1.19 bits per heavy atom. The van der Waals surface area contributed by atoms with E-state index < -0.39 is 0 Å². The molecular weight excluding hydrogens is 266 g/mol. The summed E-state index contributed by atoms with van der Waals surface area (Å²) in [6.07, 6.45) is 9.12. The summed E-state index contributed by atoms with van der Waals surface area (Å²) in [6.45, 7) is 4.53. The molecule has 2 atom stereocenters. The van der Waals surface area contributed by atoms with Crippen molar-refractivity contribution < 1.29 is 4.74 Å². The highest BCUT2D eigenvalue weighted by Crippen LogP contribution is 2.26. The van der Waals surface area contributed by atoms with Gasteiger partial charge in [0.1, 0.15) is 0 Å². The molecule has 2 rings (SSSR count). The molecule has 1 aliphatic heterocycles. The van der Waals surface area contributed by atoms with Crippen molar-refractivity contribution in [3.63, 3.8) is 0 Å². The van der Waals surface area contributed by atoms with Crippen LogP contribution in [0.25, 0.3) is 0 Å². The van der Waals surface area contributed by atoms with Gasteiger partial charge < -0.3 is 4.74 Å². The minimum Gasteiger partial charge on any atom is -0.374 e. The average molecular weight is 290 g/mol. The first-order valence-corrected chi connectivity index (χ1v) is 7.87. The normalized spacial score (nSPS) is 31.7. The molecule has 0 aromatic heterocycles. The lowest BCUT2D eigenvalue weighted by Crippen LogP contribution is -2.40. The Hall–Kier alpha value is 0.400. The van der Waals surface area contributed by atoms with Gasteiger partial charge in [-0.05, 0) is 32.6 Å². The number of alkyl halides is 1. The molecule has 3 heteroatoms. The fourth-order valence-electron chi connectivity index (χ4n) is 3.08. The molecule has 2 fully saturated rings. The number of rotatable bonds is 5. The summed E-state index contributed by atoms with van der Waals surface area (Å²) < 4.78 is 5.94. The first-order valence-electron chi connectivity index (χ1n) is 6.75. The molecule has 0 bridgehead atoms. The summed E-state index contributed by atoms with van der Waals surface area (Å²) in [5.74, 6) is 0. The highest BCUT2D eigenvalue weighted by molar-refractivity contribution is 9.09. The van der Waals surface area contributed by atoms with Crippen LogP contribution in [-0.2, 0) is 4.74 Å². The van der Waals surface area contributed by atoms with Crippen LogP contribution < -0.4 is 0 Å². The molecule has 2 unspecified atom stereocenters. The monoisotopic (exact) mass is 289 g/mol. The molecule has 0 N–H and O–H groups in total. The number of hydrogen-bond acceptors (Lipinski definition) is 2. The van der Waals surface area contributed by atoms with E-state index in [1.54, 1.807) is 0 Å². The van der Waals surface area contributed by atoms with Gasteiger partial charge in [0.15, 0.2) is 0 Å². The lowest BCUT2D eigenvalue weighted by molar-refractivity contribution is 0.0236. The predicted octanol–water partition coefficient (Wildman–Crippen LogP) is 3.19. The van der Waals surface area contributed by atoms with E-state index in [1.807, 2.05) is 0 Å². The molecule has 0 spiro atoms. The molecule has 16 heavy (non-hydrogen) atoms. The van der Waals surface area contributed by atoms with Crippen molar-refractivity contribution in [2.75, 3.05) is 18.4 Å². The Labute approximate surface area is 108 Å².